The van der Waals surface area contributed by atoms with Crippen molar-refractivity contribution in [1.29, 1.82) is 5.26 Å². The van der Waals surface area contributed by atoms with Gasteiger partial charge in [0.2, 0.25) is 0 Å². The number of aromatic nitrogens is 1. The van der Waals surface area contributed by atoms with Gasteiger partial charge >= 0.3 is 0 Å². The molecule has 1 aromatic heterocycles. The number of nitrogens with one attached hydrogen (secondary N) is 1. The van der Waals surface area contributed by atoms with E-state index in [-0.39, 0.29) is 30.7 Å². The van der Waals surface area contributed by atoms with Crippen LogP contribution in [0.25, 0.3) is 11.1 Å². The smallest absolute Gasteiger partial charge is 0.142 e. The summed E-state index contributed by atoms with van der Waals surface area (Å²) in [5.41, 5.74) is 5.65. The Labute approximate surface area is 256 Å². The van der Waals surface area contributed by atoms with E-state index in [4.69, 9.17) is 21.1 Å². The summed E-state index contributed by atoms with van der Waals surface area (Å²) in [4.78, 5) is 4.14. The van der Waals surface area contributed by atoms with Gasteiger partial charge in [-0.2, -0.15) is 5.26 Å². The Morgan fingerprint density at radius 3 is 2.67 bits per heavy atom. The van der Waals surface area contributed by atoms with Crippen molar-refractivity contribution in [3.63, 3.8) is 0 Å². The maximum absolute atomic E-state index is 14.7. The van der Waals surface area contributed by atoms with Gasteiger partial charge in [-0.3, -0.25) is 4.98 Å². The van der Waals surface area contributed by atoms with Crippen LogP contribution < -0.4 is 14.8 Å². The van der Waals surface area contributed by atoms with E-state index < -0.39 is 0 Å². The summed E-state index contributed by atoms with van der Waals surface area (Å²) >= 11 is 6.81. The molecule has 2 aliphatic carbocycles. The van der Waals surface area contributed by atoms with Crippen molar-refractivity contribution in [2.45, 2.75) is 69.9 Å². The molecular weight excluding hydrogens is 565 g/mol. The van der Waals surface area contributed by atoms with Gasteiger partial charge in [0.1, 0.15) is 36.1 Å². The van der Waals surface area contributed by atoms with Crippen molar-refractivity contribution in [2.24, 2.45) is 0 Å². The topological polar surface area (TPSA) is 87.4 Å². The van der Waals surface area contributed by atoms with Crippen LogP contribution in [0.4, 0.5) is 4.39 Å². The Bertz CT molecular complexity index is 1660. The number of nitrogens with zero attached hydrogens (tertiary/aromatic N) is 2. The van der Waals surface area contributed by atoms with Crippen molar-refractivity contribution in [3.8, 4) is 28.7 Å². The van der Waals surface area contributed by atoms with Gasteiger partial charge in [0.05, 0.1) is 16.7 Å². The maximum Gasteiger partial charge on any atom is 0.142 e. The lowest BCUT2D eigenvalue weighted by atomic mass is 9.92. The molecule has 8 heteroatoms. The molecule has 6 nitrogen and oxygen atoms in total. The number of rotatable bonds is 9. The lowest BCUT2D eigenvalue weighted by Gasteiger charge is -2.29. The molecule has 0 bridgehead atoms. The highest BCUT2D eigenvalue weighted by molar-refractivity contribution is 6.32. The SMILES string of the molecule is N#Cc1cncc(COc2cc(O[C@H]3CCc4c(-c5ccccc5F)cccc43)c(Cl)cc2CN[C@H]2CCCC[C@@H]2O)c1. The summed E-state index contributed by atoms with van der Waals surface area (Å²) in [6.45, 7) is 0.673. The molecule has 2 aliphatic rings. The summed E-state index contributed by atoms with van der Waals surface area (Å²) in [5, 5.41) is 23.7. The molecule has 43 heavy (non-hydrogen) atoms. The van der Waals surface area contributed by atoms with Gasteiger partial charge < -0.3 is 19.9 Å². The molecule has 0 unspecified atom stereocenters. The van der Waals surface area contributed by atoms with Gasteiger partial charge in [0.15, 0.2) is 0 Å². The molecule has 1 fully saturated rings. The molecule has 0 saturated heterocycles. The Balaban J connectivity index is 1.26. The van der Waals surface area contributed by atoms with Crippen molar-refractivity contribution in [1.82, 2.24) is 10.3 Å². The first kappa shape index (κ1) is 29.1. The molecule has 3 aromatic carbocycles. The van der Waals surface area contributed by atoms with Crippen LogP contribution in [-0.2, 0) is 19.6 Å². The minimum absolute atomic E-state index is 0.00597. The van der Waals surface area contributed by atoms with E-state index in [1.807, 2.05) is 36.4 Å². The second kappa shape index (κ2) is 13.1. The summed E-state index contributed by atoms with van der Waals surface area (Å²) < 4.78 is 27.5. The van der Waals surface area contributed by atoms with E-state index in [2.05, 4.69) is 16.4 Å². The monoisotopic (exact) mass is 597 g/mol. The Hall–Kier alpha value is -3.96. The Morgan fingerprint density at radius 1 is 1.00 bits per heavy atom. The number of aliphatic hydroxyl groups excluding tert-OH is 1. The van der Waals surface area contributed by atoms with Gasteiger partial charge in [0.25, 0.3) is 0 Å². The lowest BCUT2D eigenvalue weighted by Crippen LogP contribution is -2.41. The van der Waals surface area contributed by atoms with Gasteiger partial charge in [-0.25, -0.2) is 4.39 Å². The van der Waals surface area contributed by atoms with Crippen LogP contribution in [0.15, 0.2) is 73.1 Å². The van der Waals surface area contributed by atoms with Crippen molar-refractivity contribution < 1.29 is 19.0 Å². The number of benzene rings is 3. The largest absolute Gasteiger partial charge is 0.488 e. The summed E-state index contributed by atoms with van der Waals surface area (Å²) in [7, 11) is 0. The number of hydrogen-bond acceptors (Lipinski definition) is 6. The number of ether oxygens (including phenoxy) is 2. The van der Waals surface area contributed by atoms with Crippen molar-refractivity contribution in [2.75, 3.05) is 0 Å². The fourth-order valence-electron chi connectivity index (χ4n) is 6.14. The molecular formula is C35H33ClFN3O3. The average Bonchev–Trinajstić information content (AvgIpc) is 3.44. The predicted octanol–water partition coefficient (Wildman–Crippen LogP) is 7.45. The fraction of sp³-hybridized carbons (Fsp3) is 0.314. The van der Waals surface area contributed by atoms with Gasteiger partial charge in [-0.05, 0) is 60.6 Å². The highest BCUT2D eigenvalue weighted by atomic mass is 35.5. The summed E-state index contributed by atoms with van der Waals surface area (Å²) in [6.07, 6.45) is 7.88. The number of nitriles is 1. The molecule has 4 aromatic rings. The molecule has 0 aliphatic heterocycles. The second-order valence-electron chi connectivity index (χ2n) is 11.2. The van der Waals surface area contributed by atoms with Gasteiger partial charge in [-0.1, -0.05) is 60.8 Å². The van der Waals surface area contributed by atoms with E-state index in [0.717, 1.165) is 66.3 Å². The van der Waals surface area contributed by atoms with Crippen LogP contribution in [-0.4, -0.2) is 22.2 Å². The third-order valence-electron chi connectivity index (χ3n) is 8.37. The number of fused-ring (bicyclic) bond motifs is 1. The maximum atomic E-state index is 14.7. The fourth-order valence-corrected chi connectivity index (χ4v) is 6.37. The third-order valence-corrected chi connectivity index (χ3v) is 8.66. The summed E-state index contributed by atoms with van der Waals surface area (Å²) in [6, 6.07) is 20.3. The van der Waals surface area contributed by atoms with E-state index in [1.165, 1.54) is 12.3 Å². The van der Waals surface area contributed by atoms with Crippen LogP contribution in [0.2, 0.25) is 5.02 Å². The quantitative estimate of drug-likeness (QED) is 0.208. The molecule has 6 rings (SSSR count). The predicted molar refractivity (Wildman–Crippen MR) is 163 cm³/mol. The Kier molecular flexibility index (Phi) is 8.90. The summed E-state index contributed by atoms with van der Waals surface area (Å²) in [5.74, 6) is 0.847. The lowest BCUT2D eigenvalue weighted by molar-refractivity contribution is 0.0901. The highest BCUT2D eigenvalue weighted by Crippen LogP contribution is 2.43. The molecule has 1 heterocycles. The van der Waals surface area contributed by atoms with Crippen molar-refractivity contribution in [3.05, 3.63) is 112 Å². The van der Waals surface area contributed by atoms with E-state index in [0.29, 0.717) is 34.2 Å². The first-order valence-electron chi connectivity index (χ1n) is 14.7. The van der Waals surface area contributed by atoms with Crippen LogP contribution in [0.5, 0.6) is 11.5 Å². The number of pyridine rings is 1. The number of hydrogen-bond donors (Lipinski definition) is 2. The third kappa shape index (κ3) is 6.52. The normalized spacial score (nSPS) is 19.4. The van der Waals surface area contributed by atoms with Crippen LogP contribution in [0.3, 0.4) is 0 Å². The molecule has 220 valence electrons. The second-order valence-corrected chi connectivity index (χ2v) is 11.6. The van der Waals surface area contributed by atoms with Crippen LogP contribution >= 0.6 is 11.6 Å². The first-order chi connectivity index (χ1) is 21.0. The molecule has 0 spiro atoms. The van der Waals surface area contributed by atoms with Crippen molar-refractivity contribution >= 4 is 11.6 Å². The molecule has 2 N–H and O–H groups in total. The number of halogens is 2. The molecule has 0 amide bonds. The zero-order chi connectivity index (χ0) is 29.8. The zero-order valence-corrected chi connectivity index (χ0v) is 24.5. The van der Waals surface area contributed by atoms with E-state index >= 15 is 0 Å². The van der Waals surface area contributed by atoms with E-state index in [1.54, 1.807) is 24.4 Å². The average molecular weight is 598 g/mol. The van der Waals surface area contributed by atoms with Gasteiger partial charge in [-0.15, -0.1) is 0 Å². The standard InChI is InChI=1S/C35H33ClFN3O3/c36-29-15-24(20-40-31-10-3-4-11-32(31)41)34(42-21-23-14-22(17-38)18-39-19-23)16-35(29)43-33-13-12-26-25(7-5-8-28(26)33)27-6-1-2-9-30(27)37/h1-2,5-9,14-16,18-19,31-33,40-41H,3-4,10-13,20-21H2/t31-,32-,33-/m0/s1. The first-order valence-corrected chi connectivity index (χ1v) is 15.1. The molecule has 0 radical (unpaired) electrons. The Morgan fingerprint density at radius 2 is 1.84 bits per heavy atom. The van der Waals surface area contributed by atoms with Gasteiger partial charge in [0, 0.05) is 47.7 Å². The minimum Gasteiger partial charge on any atom is -0.488 e. The van der Waals surface area contributed by atoms with Crippen LogP contribution in [0.1, 0.15) is 66.0 Å². The molecule has 3 atom stereocenters. The number of aliphatic hydroxyl groups is 1. The van der Waals surface area contributed by atoms with Crippen LogP contribution in [0, 0.1) is 17.1 Å². The highest BCUT2D eigenvalue weighted by Gasteiger charge is 2.29. The van der Waals surface area contributed by atoms with E-state index in [9.17, 15) is 14.8 Å². The molecule has 1 saturated carbocycles. The zero-order valence-electron chi connectivity index (χ0n) is 23.7. The minimum atomic E-state index is -0.382.